The van der Waals surface area contributed by atoms with E-state index in [1.165, 1.54) is 0 Å². The summed E-state index contributed by atoms with van der Waals surface area (Å²) < 4.78 is 7.64. The molecule has 3 heterocycles. The third kappa shape index (κ3) is 3.96. The molecule has 0 bridgehead atoms. The largest absolute Gasteiger partial charge is 0.441 e. The Bertz CT molecular complexity index is 691. The topological polar surface area (TPSA) is 67.7 Å². The minimum Gasteiger partial charge on any atom is -0.441 e. The Morgan fingerprint density at radius 3 is 2.63 bits per heavy atom. The smallest absolute Gasteiger partial charge is 0.410 e. The molecular formula is C20H32N4O3. The molecular weight excluding hydrogens is 344 g/mol. The van der Waals surface area contributed by atoms with E-state index in [1.54, 1.807) is 0 Å². The van der Waals surface area contributed by atoms with E-state index < -0.39 is 5.60 Å². The SMILES string of the molecule is CCCC(C)N1CC2(CCN(C(=O)c3cn(CCC)nc3C)CC2)OC1=O. The number of likely N-dealkylation sites (tertiary alicyclic amines) is 1. The lowest BCUT2D eigenvalue weighted by Crippen LogP contribution is -2.49. The van der Waals surface area contributed by atoms with Crippen molar-refractivity contribution < 1.29 is 14.3 Å². The average Bonchev–Trinajstić information content (AvgIpc) is 3.15. The molecule has 27 heavy (non-hydrogen) atoms. The first-order valence-electron chi connectivity index (χ1n) is 10.2. The second kappa shape index (κ2) is 7.90. The summed E-state index contributed by atoms with van der Waals surface area (Å²) in [4.78, 5) is 29.0. The lowest BCUT2D eigenvalue weighted by molar-refractivity contribution is 0.00305. The molecule has 2 saturated heterocycles. The van der Waals surface area contributed by atoms with Crippen molar-refractivity contribution in [2.75, 3.05) is 19.6 Å². The molecule has 1 aromatic rings. The summed E-state index contributed by atoms with van der Waals surface area (Å²) in [7, 11) is 0. The maximum atomic E-state index is 12.9. The lowest BCUT2D eigenvalue weighted by atomic mass is 9.90. The van der Waals surface area contributed by atoms with E-state index in [1.807, 2.05) is 27.6 Å². The summed E-state index contributed by atoms with van der Waals surface area (Å²) in [6.45, 7) is 10.9. The molecule has 2 aliphatic rings. The van der Waals surface area contributed by atoms with Crippen LogP contribution in [-0.2, 0) is 11.3 Å². The highest BCUT2D eigenvalue weighted by atomic mass is 16.6. The summed E-state index contributed by atoms with van der Waals surface area (Å²) in [6, 6.07) is 0.202. The molecule has 1 unspecified atom stereocenters. The number of hydrogen-bond donors (Lipinski definition) is 0. The Hall–Kier alpha value is -2.05. The maximum absolute atomic E-state index is 12.9. The molecule has 2 aliphatic heterocycles. The molecule has 150 valence electrons. The van der Waals surface area contributed by atoms with Gasteiger partial charge >= 0.3 is 6.09 Å². The molecule has 0 radical (unpaired) electrons. The van der Waals surface area contributed by atoms with Crippen LogP contribution in [-0.4, -0.2) is 62.9 Å². The Morgan fingerprint density at radius 2 is 2.00 bits per heavy atom. The van der Waals surface area contributed by atoms with Gasteiger partial charge < -0.3 is 14.5 Å². The van der Waals surface area contributed by atoms with Crippen molar-refractivity contribution in [2.45, 2.75) is 78.0 Å². The van der Waals surface area contributed by atoms with Gasteiger partial charge in [0.1, 0.15) is 5.60 Å². The lowest BCUT2D eigenvalue weighted by Gasteiger charge is -2.37. The van der Waals surface area contributed by atoms with Crippen LogP contribution in [0.4, 0.5) is 4.79 Å². The normalized spacial score (nSPS) is 20.2. The highest BCUT2D eigenvalue weighted by Gasteiger charge is 2.48. The van der Waals surface area contributed by atoms with Crippen molar-refractivity contribution in [3.8, 4) is 0 Å². The molecule has 0 aromatic carbocycles. The molecule has 7 heteroatoms. The summed E-state index contributed by atoms with van der Waals surface area (Å²) >= 11 is 0. The van der Waals surface area contributed by atoms with Crippen molar-refractivity contribution in [1.29, 1.82) is 0 Å². The van der Waals surface area contributed by atoms with Crippen molar-refractivity contribution in [2.24, 2.45) is 0 Å². The van der Waals surface area contributed by atoms with Gasteiger partial charge in [-0.05, 0) is 26.7 Å². The first-order chi connectivity index (χ1) is 12.9. The number of amides is 2. The Kier molecular flexibility index (Phi) is 5.77. The van der Waals surface area contributed by atoms with Crippen LogP contribution in [0, 0.1) is 6.92 Å². The Morgan fingerprint density at radius 1 is 1.30 bits per heavy atom. The summed E-state index contributed by atoms with van der Waals surface area (Å²) in [6.07, 6.45) is 6.06. The zero-order chi connectivity index (χ0) is 19.6. The molecule has 7 nitrogen and oxygen atoms in total. The fourth-order valence-corrected chi connectivity index (χ4v) is 4.18. The van der Waals surface area contributed by atoms with E-state index in [-0.39, 0.29) is 18.0 Å². The van der Waals surface area contributed by atoms with Crippen molar-refractivity contribution >= 4 is 12.0 Å². The third-order valence-electron chi connectivity index (χ3n) is 5.83. The van der Waals surface area contributed by atoms with Crippen LogP contribution in [0.2, 0.25) is 0 Å². The second-order valence-corrected chi connectivity index (χ2v) is 8.00. The van der Waals surface area contributed by atoms with E-state index in [0.29, 0.717) is 38.0 Å². The van der Waals surface area contributed by atoms with Crippen molar-refractivity contribution in [3.63, 3.8) is 0 Å². The predicted octanol–water partition coefficient (Wildman–Crippen LogP) is 3.22. The quantitative estimate of drug-likeness (QED) is 0.764. The van der Waals surface area contributed by atoms with Crippen LogP contribution in [0.25, 0.3) is 0 Å². The zero-order valence-corrected chi connectivity index (χ0v) is 17.0. The number of hydrogen-bond acceptors (Lipinski definition) is 4. The molecule has 2 fully saturated rings. The number of nitrogens with zero attached hydrogens (tertiary/aromatic N) is 4. The number of aromatic nitrogens is 2. The van der Waals surface area contributed by atoms with Crippen LogP contribution in [0.5, 0.6) is 0 Å². The predicted molar refractivity (Wildman–Crippen MR) is 103 cm³/mol. The van der Waals surface area contributed by atoms with Gasteiger partial charge in [-0.1, -0.05) is 20.3 Å². The van der Waals surface area contributed by atoms with Crippen molar-refractivity contribution in [1.82, 2.24) is 19.6 Å². The monoisotopic (exact) mass is 376 g/mol. The van der Waals surface area contributed by atoms with Gasteiger partial charge in [-0.2, -0.15) is 5.10 Å². The third-order valence-corrected chi connectivity index (χ3v) is 5.83. The summed E-state index contributed by atoms with van der Waals surface area (Å²) in [5, 5.41) is 4.44. The van der Waals surface area contributed by atoms with Gasteiger partial charge in [0.25, 0.3) is 5.91 Å². The average molecular weight is 377 g/mol. The van der Waals surface area contributed by atoms with E-state index in [0.717, 1.165) is 31.5 Å². The van der Waals surface area contributed by atoms with Gasteiger partial charge in [0.2, 0.25) is 0 Å². The summed E-state index contributed by atoms with van der Waals surface area (Å²) in [5.74, 6) is 0.0326. The number of ether oxygens (including phenoxy) is 1. The minimum absolute atomic E-state index is 0.0326. The van der Waals surface area contributed by atoms with Gasteiger partial charge in [0.15, 0.2) is 0 Å². The van der Waals surface area contributed by atoms with Gasteiger partial charge in [-0.15, -0.1) is 0 Å². The molecule has 1 spiro atoms. The maximum Gasteiger partial charge on any atom is 0.410 e. The first kappa shape index (κ1) is 19.7. The molecule has 0 N–H and O–H groups in total. The number of piperidine rings is 1. The van der Waals surface area contributed by atoms with Crippen LogP contribution < -0.4 is 0 Å². The fraction of sp³-hybridized carbons (Fsp3) is 0.750. The van der Waals surface area contributed by atoms with E-state index in [2.05, 4.69) is 25.9 Å². The Labute approximate surface area is 161 Å². The fourth-order valence-electron chi connectivity index (χ4n) is 4.18. The number of aryl methyl sites for hydroxylation is 2. The van der Waals surface area contributed by atoms with E-state index in [4.69, 9.17) is 4.74 Å². The van der Waals surface area contributed by atoms with Crippen LogP contribution in [0.3, 0.4) is 0 Å². The number of carbonyl (C=O) groups excluding carboxylic acids is 2. The molecule has 0 saturated carbocycles. The standard InChI is InChI=1S/C20H32N4O3/c1-5-7-15(3)24-14-20(27-19(24)26)8-11-22(12-9-20)18(25)17-13-23(10-6-2)21-16(17)4/h13,15H,5-12,14H2,1-4H3. The van der Waals surface area contributed by atoms with E-state index in [9.17, 15) is 9.59 Å². The van der Waals surface area contributed by atoms with Gasteiger partial charge in [0.05, 0.1) is 17.8 Å². The van der Waals surface area contributed by atoms with Crippen LogP contribution in [0.15, 0.2) is 6.20 Å². The molecule has 0 aliphatic carbocycles. The Balaban J connectivity index is 1.62. The van der Waals surface area contributed by atoms with Crippen molar-refractivity contribution in [3.05, 3.63) is 17.5 Å². The van der Waals surface area contributed by atoms with E-state index >= 15 is 0 Å². The highest BCUT2D eigenvalue weighted by molar-refractivity contribution is 5.95. The van der Waals surface area contributed by atoms with Gasteiger partial charge in [0, 0.05) is 44.7 Å². The molecule has 2 amide bonds. The molecule has 3 rings (SSSR count). The van der Waals surface area contributed by atoms with Gasteiger partial charge in [-0.3, -0.25) is 9.48 Å². The summed E-state index contributed by atoms with van der Waals surface area (Å²) in [5.41, 5.74) is 1.03. The van der Waals surface area contributed by atoms with Gasteiger partial charge in [-0.25, -0.2) is 4.79 Å². The second-order valence-electron chi connectivity index (χ2n) is 8.00. The zero-order valence-electron chi connectivity index (χ0n) is 17.0. The highest BCUT2D eigenvalue weighted by Crippen LogP contribution is 2.35. The van der Waals surface area contributed by atoms with Crippen LogP contribution in [0.1, 0.15) is 68.9 Å². The molecule has 1 atom stereocenters. The first-order valence-corrected chi connectivity index (χ1v) is 10.2. The minimum atomic E-state index is -0.433. The molecule has 1 aromatic heterocycles. The number of carbonyl (C=O) groups is 2. The van der Waals surface area contributed by atoms with Crippen LogP contribution >= 0.6 is 0 Å². The number of rotatable bonds is 6.